The summed E-state index contributed by atoms with van der Waals surface area (Å²) >= 11 is 6.31. The second-order valence-electron chi connectivity index (χ2n) is 6.21. The molecule has 0 saturated carbocycles. The number of benzene rings is 1. The van der Waals surface area contributed by atoms with Crippen molar-refractivity contribution in [1.82, 2.24) is 19.4 Å². The molecule has 10 heteroatoms. The highest BCUT2D eigenvalue weighted by Gasteiger charge is 2.39. The van der Waals surface area contributed by atoms with E-state index in [1.807, 2.05) is 0 Å². The molecule has 0 aliphatic rings. The number of ether oxygens (including phenoxy) is 2. The van der Waals surface area contributed by atoms with Crippen LogP contribution in [-0.2, 0) is 6.18 Å². The minimum absolute atomic E-state index is 0.0209. The van der Waals surface area contributed by atoms with Crippen molar-refractivity contribution in [2.24, 2.45) is 0 Å². The molecule has 3 aromatic heterocycles. The molecule has 4 rings (SSSR count). The average Bonchev–Trinajstić information content (AvgIpc) is 3.10. The number of methoxy groups -OCH3 is 2. The second kappa shape index (κ2) is 6.77. The Kier molecular flexibility index (Phi) is 4.49. The predicted molar refractivity (Wildman–Crippen MR) is 102 cm³/mol. The fourth-order valence-electron chi connectivity index (χ4n) is 3.16. The van der Waals surface area contributed by atoms with Crippen LogP contribution in [0.15, 0.2) is 30.3 Å². The largest absolute Gasteiger partial charge is 0.497 e. The zero-order valence-corrected chi connectivity index (χ0v) is 16.3. The molecule has 4 aromatic rings. The van der Waals surface area contributed by atoms with Gasteiger partial charge >= 0.3 is 6.18 Å². The van der Waals surface area contributed by atoms with Gasteiger partial charge < -0.3 is 9.47 Å². The van der Waals surface area contributed by atoms with Gasteiger partial charge in [-0.05, 0) is 31.2 Å². The van der Waals surface area contributed by atoms with Crippen molar-refractivity contribution in [2.75, 3.05) is 14.2 Å². The number of aryl methyl sites for hydroxylation is 1. The van der Waals surface area contributed by atoms with E-state index in [2.05, 4.69) is 15.0 Å². The van der Waals surface area contributed by atoms with Gasteiger partial charge in [0, 0.05) is 11.6 Å². The van der Waals surface area contributed by atoms with E-state index < -0.39 is 11.9 Å². The van der Waals surface area contributed by atoms with E-state index in [0.717, 1.165) is 0 Å². The highest BCUT2D eigenvalue weighted by Crippen LogP contribution is 2.39. The van der Waals surface area contributed by atoms with Gasteiger partial charge in [-0.25, -0.2) is 9.97 Å². The molecule has 0 aliphatic heterocycles. The van der Waals surface area contributed by atoms with Gasteiger partial charge in [0.2, 0.25) is 5.88 Å². The summed E-state index contributed by atoms with van der Waals surface area (Å²) in [5, 5.41) is 0.219. The molecule has 0 N–H and O–H groups in total. The number of halogens is 4. The Labute approximate surface area is 167 Å². The lowest BCUT2D eigenvalue weighted by Crippen LogP contribution is -2.08. The number of aromatic nitrogens is 4. The molecule has 0 unspecified atom stereocenters. The van der Waals surface area contributed by atoms with Crippen LogP contribution in [0, 0.1) is 6.92 Å². The molecular weight excluding hydrogens is 409 g/mol. The van der Waals surface area contributed by atoms with Crippen molar-refractivity contribution in [3.05, 3.63) is 46.7 Å². The number of nitrogens with zero attached hydrogens (tertiary/aromatic N) is 4. The van der Waals surface area contributed by atoms with E-state index in [1.54, 1.807) is 18.2 Å². The zero-order valence-electron chi connectivity index (χ0n) is 15.5. The number of alkyl halides is 3. The van der Waals surface area contributed by atoms with E-state index in [9.17, 15) is 13.2 Å². The SMILES string of the molecule is COc1ccc(Cl)c(-c2nc(C(F)(F)F)c3c(C)nc4ccc(OC)nc4n23)c1. The van der Waals surface area contributed by atoms with Crippen LogP contribution in [0.25, 0.3) is 28.1 Å². The molecule has 6 nitrogen and oxygen atoms in total. The van der Waals surface area contributed by atoms with Crippen LogP contribution < -0.4 is 9.47 Å². The molecule has 0 atom stereocenters. The minimum atomic E-state index is -4.70. The Morgan fingerprint density at radius 1 is 1.00 bits per heavy atom. The van der Waals surface area contributed by atoms with Gasteiger partial charge in [0.1, 0.15) is 22.6 Å². The topological polar surface area (TPSA) is 61.5 Å². The lowest BCUT2D eigenvalue weighted by molar-refractivity contribution is -0.139. The first-order chi connectivity index (χ1) is 13.7. The summed E-state index contributed by atoms with van der Waals surface area (Å²) < 4.78 is 53.1. The van der Waals surface area contributed by atoms with Crippen LogP contribution in [0.2, 0.25) is 5.02 Å². The number of hydrogen-bond donors (Lipinski definition) is 0. The van der Waals surface area contributed by atoms with Crippen LogP contribution in [-0.4, -0.2) is 33.6 Å². The molecule has 150 valence electrons. The van der Waals surface area contributed by atoms with Crippen molar-refractivity contribution in [3.63, 3.8) is 0 Å². The fraction of sp³-hybridized carbons (Fsp3) is 0.211. The van der Waals surface area contributed by atoms with Gasteiger partial charge in [-0.1, -0.05) is 11.6 Å². The molecule has 0 amide bonds. The van der Waals surface area contributed by atoms with E-state index >= 15 is 0 Å². The maximum Gasteiger partial charge on any atom is 0.435 e. The van der Waals surface area contributed by atoms with Crippen LogP contribution in [0.3, 0.4) is 0 Å². The highest BCUT2D eigenvalue weighted by molar-refractivity contribution is 6.33. The lowest BCUT2D eigenvalue weighted by Gasteiger charge is -2.10. The van der Waals surface area contributed by atoms with Crippen molar-refractivity contribution in [2.45, 2.75) is 13.1 Å². The minimum Gasteiger partial charge on any atom is -0.497 e. The Balaban J connectivity index is 2.22. The zero-order chi connectivity index (χ0) is 20.9. The van der Waals surface area contributed by atoms with Gasteiger partial charge in [0.25, 0.3) is 0 Å². The molecule has 0 fully saturated rings. The Bertz CT molecular complexity index is 1250. The fourth-order valence-corrected chi connectivity index (χ4v) is 3.37. The van der Waals surface area contributed by atoms with Crippen LogP contribution in [0.4, 0.5) is 13.2 Å². The van der Waals surface area contributed by atoms with Gasteiger partial charge in [0.15, 0.2) is 11.3 Å². The summed E-state index contributed by atoms with van der Waals surface area (Å²) in [6.07, 6.45) is -4.70. The summed E-state index contributed by atoms with van der Waals surface area (Å²) in [6, 6.07) is 7.88. The molecule has 0 bridgehead atoms. The molecule has 0 radical (unpaired) electrons. The predicted octanol–water partition coefficient (Wildman–Crippen LogP) is 4.94. The smallest absolute Gasteiger partial charge is 0.435 e. The number of hydrogen-bond acceptors (Lipinski definition) is 5. The molecule has 0 saturated heterocycles. The summed E-state index contributed by atoms with van der Waals surface area (Å²) in [7, 11) is 2.87. The summed E-state index contributed by atoms with van der Waals surface area (Å²) in [4.78, 5) is 12.5. The number of fused-ring (bicyclic) bond motifs is 3. The van der Waals surface area contributed by atoms with Gasteiger partial charge in [-0.2, -0.15) is 18.2 Å². The Hall–Kier alpha value is -3.07. The number of rotatable bonds is 3. The second-order valence-corrected chi connectivity index (χ2v) is 6.61. The number of pyridine rings is 1. The Morgan fingerprint density at radius 3 is 2.41 bits per heavy atom. The third kappa shape index (κ3) is 3.11. The van der Waals surface area contributed by atoms with E-state index in [0.29, 0.717) is 11.3 Å². The van der Waals surface area contributed by atoms with Crippen LogP contribution in [0.5, 0.6) is 11.6 Å². The van der Waals surface area contributed by atoms with Crippen LogP contribution >= 0.6 is 11.6 Å². The maximum absolute atomic E-state index is 13.8. The van der Waals surface area contributed by atoms with E-state index in [1.165, 1.54) is 37.7 Å². The van der Waals surface area contributed by atoms with Gasteiger partial charge in [-0.3, -0.25) is 4.40 Å². The highest BCUT2D eigenvalue weighted by atomic mass is 35.5. The molecule has 3 heterocycles. The van der Waals surface area contributed by atoms with Crippen molar-refractivity contribution < 1.29 is 22.6 Å². The monoisotopic (exact) mass is 422 g/mol. The molecule has 0 aliphatic carbocycles. The normalized spacial score (nSPS) is 12.0. The van der Waals surface area contributed by atoms with Crippen molar-refractivity contribution in [3.8, 4) is 23.0 Å². The first kappa shape index (κ1) is 19.3. The molecule has 0 spiro atoms. The molecule has 1 aromatic carbocycles. The first-order valence-electron chi connectivity index (χ1n) is 8.39. The summed E-state index contributed by atoms with van der Waals surface area (Å²) in [5.74, 6) is 0.636. The van der Waals surface area contributed by atoms with Gasteiger partial charge in [-0.15, -0.1) is 0 Å². The number of imidazole rings is 1. The summed E-state index contributed by atoms with van der Waals surface area (Å²) in [6.45, 7) is 1.49. The van der Waals surface area contributed by atoms with E-state index in [4.69, 9.17) is 21.1 Å². The standard InChI is InChI=1S/C19H14ClF3N4O2/c1-9-15-16(19(21,22)23)26-17(11-8-10(28-2)4-5-12(11)20)27(15)18-13(24-9)6-7-14(25-18)29-3/h4-8H,1-3H3. The van der Waals surface area contributed by atoms with Crippen LogP contribution in [0.1, 0.15) is 11.4 Å². The van der Waals surface area contributed by atoms with Crippen molar-refractivity contribution in [1.29, 1.82) is 0 Å². The maximum atomic E-state index is 13.8. The quantitative estimate of drug-likeness (QED) is 0.468. The summed E-state index contributed by atoms with van der Waals surface area (Å²) in [5.41, 5.74) is -0.269. The van der Waals surface area contributed by atoms with Gasteiger partial charge in [0.05, 0.1) is 24.9 Å². The average molecular weight is 423 g/mol. The van der Waals surface area contributed by atoms with E-state index in [-0.39, 0.29) is 39.1 Å². The molecule has 29 heavy (non-hydrogen) atoms. The lowest BCUT2D eigenvalue weighted by atomic mass is 10.2. The first-order valence-corrected chi connectivity index (χ1v) is 8.77. The molecular formula is C19H14ClF3N4O2. The third-order valence-electron chi connectivity index (χ3n) is 4.44. The third-order valence-corrected chi connectivity index (χ3v) is 4.77. The van der Waals surface area contributed by atoms with Crippen molar-refractivity contribution >= 4 is 28.3 Å². The Morgan fingerprint density at radius 2 is 1.76 bits per heavy atom.